The van der Waals surface area contributed by atoms with Crippen LogP contribution in [0.4, 0.5) is 0 Å². The number of nitrogens with one attached hydrogen (secondary N) is 1. The van der Waals surface area contributed by atoms with Gasteiger partial charge >= 0.3 is 0 Å². The van der Waals surface area contributed by atoms with Crippen LogP contribution in [0.15, 0.2) is 22.7 Å². The van der Waals surface area contributed by atoms with E-state index in [0.29, 0.717) is 5.92 Å². The lowest BCUT2D eigenvalue weighted by Gasteiger charge is -2.17. The average Bonchev–Trinajstić information content (AvgIpc) is 2.39. The first-order valence-electron chi connectivity index (χ1n) is 6.83. The van der Waals surface area contributed by atoms with E-state index in [1.807, 2.05) is 6.07 Å². The molecule has 0 amide bonds. The quantitative estimate of drug-likeness (QED) is 0.769. The van der Waals surface area contributed by atoms with E-state index in [2.05, 4.69) is 54.2 Å². The molecular formula is C15H24BrNO. The largest absolute Gasteiger partial charge is 0.492 e. The SMILES string of the molecule is CCNCc1cccc(Br)c1OCC(CC)CC. The molecular weight excluding hydrogens is 290 g/mol. The molecule has 0 aromatic heterocycles. The van der Waals surface area contributed by atoms with Crippen LogP contribution in [-0.2, 0) is 6.54 Å². The van der Waals surface area contributed by atoms with Crippen molar-refractivity contribution in [2.45, 2.75) is 40.2 Å². The van der Waals surface area contributed by atoms with Gasteiger partial charge in [0.15, 0.2) is 0 Å². The highest BCUT2D eigenvalue weighted by atomic mass is 79.9. The van der Waals surface area contributed by atoms with Crippen LogP contribution in [0.5, 0.6) is 5.75 Å². The predicted molar refractivity (Wildman–Crippen MR) is 81.1 cm³/mol. The van der Waals surface area contributed by atoms with E-state index in [0.717, 1.165) is 29.9 Å². The van der Waals surface area contributed by atoms with Crippen molar-refractivity contribution in [1.82, 2.24) is 5.32 Å². The van der Waals surface area contributed by atoms with Crippen molar-refractivity contribution in [3.63, 3.8) is 0 Å². The molecule has 1 aromatic carbocycles. The molecule has 0 unspecified atom stereocenters. The Balaban J connectivity index is 2.72. The summed E-state index contributed by atoms with van der Waals surface area (Å²) in [5, 5.41) is 3.35. The molecule has 0 aliphatic carbocycles. The lowest BCUT2D eigenvalue weighted by molar-refractivity contribution is 0.237. The minimum absolute atomic E-state index is 0.643. The van der Waals surface area contributed by atoms with Gasteiger partial charge in [-0.2, -0.15) is 0 Å². The van der Waals surface area contributed by atoms with Crippen LogP contribution in [0, 0.1) is 5.92 Å². The smallest absolute Gasteiger partial charge is 0.137 e. The second-order valence-electron chi connectivity index (χ2n) is 4.50. The maximum absolute atomic E-state index is 6.02. The lowest BCUT2D eigenvalue weighted by atomic mass is 10.1. The van der Waals surface area contributed by atoms with E-state index < -0.39 is 0 Å². The van der Waals surface area contributed by atoms with Crippen LogP contribution < -0.4 is 10.1 Å². The minimum atomic E-state index is 0.643. The Kier molecular flexibility index (Phi) is 7.36. The minimum Gasteiger partial charge on any atom is -0.492 e. The fourth-order valence-electron chi connectivity index (χ4n) is 1.84. The Morgan fingerprint density at radius 1 is 1.22 bits per heavy atom. The van der Waals surface area contributed by atoms with E-state index in [4.69, 9.17) is 4.74 Å². The maximum atomic E-state index is 6.02. The molecule has 1 rings (SSSR count). The number of rotatable bonds is 8. The van der Waals surface area contributed by atoms with E-state index in [1.165, 1.54) is 18.4 Å². The molecule has 102 valence electrons. The van der Waals surface area contributed by atoms with Gasteiger partial charge in [0.1, 0.15) is 5.75 Å². The van der Waals surface area contributed by atoms with Crippen molar-refractivity contribution in [3.05, 3.63) is 28.2 Å². The Bertz CT molecular complexity index is 350. The van der Waals surface area contributed by atoms with Gasteiger partial charge in [0.2, 0.25) is 0 Å². The molecule has 0 radical (unpaired) electrons. The zero-order valence-corrected chi connectivity index (χ0v) is 13.2. The summed E-state index contributed by atoms with van der Waals surface area (Å²) in [5.74, 6) is 1.63. The fraction of sp³-hybridized carbons (Fsp3) is 0.600. The third-order valence-corrected chi connectivity index (χ3v) is 3.86. The molecule has 0 heterocycles. The number of hydrogen-bond acceptors (Lipinski definition) is 2. The van der Waals surface area contributed by atoms with Crippen molar-refractivity contribution in [3.8, 4) is 5.75 Å². The van der Waals surface area contributed by atoms with Gasteiger partial charge in [0, 0.05) is 12.1 Å². The van der Waals surface area contributed by atoms with Gasteiger partial charge in [-0.15, -0.1) is 0 Å². The summed E-state index contributed by atoms with van der Waals surface area (Å²) in [5.41, 5.74) is 1.22. The number of halogens is 1. The Labute approximate surface area is 119 Å². The van der Waals surface area contributed by atoms with Crippen molar-refractivity contribution in [2.24, 2.45) is 5.92 Å². The highest BCUT2D eigenvalue weighted by Crippen LogP contribution is 2.29. The molecule has 1 N–H and O–H groups in total. The average molecular weight is 314 g/mol. The Morgan fingerprint density at radius 2 is 1.94 bits per heavy atom. The van der Waals surface area contributed by atoms with Crippen LogP contribution in [0.3, 0.4) is 0 Å². The van der Waals surface area contributed by atoms with Gasteiger partial charge in [-0.05, 0) is 34.5 Å². The second-order valence-corrected chi connectivity index (χ2v) is 5.36. The predicted octanol–water partition coefficient (Wildman–Crippen LogP) is 4.37. The van der Waals surface area contributed by atoms with Gasteiger partial charge in [0.05, 0.1) is 11.1 Å². The van der Waals surface area contributed by atoms with Crippen LogP contribution in [0.25, 0.3) is 0 Å². The summed E-state index contributed by atoms with van der Waals surface area (Å²) in [6, 6.07) is 6.22. The molecule has 0 saturated carbocycles. The molecule has 0 aliphatic heterocycles. The number of para-hydroxylation sites is 1. The van der Waals surface area contributed by atoms with Gasteiger partial charge < -0.3 is 10.1 Å². The molecule has 0 aliphatic rings. The number of hydrogen-bond donors (Lipinski definition) is 1. The molecule has 0 spiro atoms. The van der Waals surface area contributed by atoms with Crippen LogP contribution in [0.2, 0.25) is 0 Å². The molecule has 0 fully saturated rings. The van der Waals surface area contributed by atoms with Gasteiger partial charge in [0.25, 0.3) is 0 Å². The first-order valence-corrected chi connectivity index (χ1v) is 7.63. The number of benzene rings is 1. The third-order valence-electron chi connectivity index (χ3n) is 3.23. The number of ether oxygens (including phenoxy) is 1. The summed E-state index contributed by atoms with van der Waals surface area (Å²) in [6.45, 7) is 9.18. The van der Waals surface area contributed by atoms with E-state index >= 15 is 0 Å². The summed E-state index contributed by atoms with van der Waals surface area (Å²) in [4.78, 5) is 0. The van der Waals surface area contributed by atoms with Gasteiger partial charge in [-0.3, -0.25) is 0 Å². The van der Waals surface area contributed by atoms with Crippen molar-refractivity contribution in [1.29, 1.82) is 0 Å². The standard InChI is InChI=1S/C15H24BrNO/c1-4-12(5-2)11-18-15-13(10-17-6-3)8-7-9-14(15)16/h7-9,12,17H,4-6,10-11H2,1-3H3. The zero-order valence-electron chi connectivity index (χ0n) is 11.6. The maximum Gasteiger partial charge on any atom is 0.137 e. The van der Waals surface area contributed by atoms with Crippen molar-refractivity contribution >= 4 is 15.9 Å². The normalized spacial score (nSPS) is 10.9. The summed E-state index contributed by atoms with van der Waals surface area (Å²) < 4.78 is 7.07. The monoisotopic (exact) mass is 313 g/mol. The second kappa shape index (κ2) is 8.54. The van der Waals surface area contributed by atoms with Crippen molar-refractivity contribution in [2.75, 3.05) is 13.2 Å². The lowest BCUT2D eigenvalue weighted by Crippen LogP contribution is -2.15. The molecule has 0 atom stereocenters. The van der Waals surface area contributed by atoms with Gasteiger partial charge in [-0.1, -0.05) is 45.7 Å². The van der Waals surface area contributed by atoms with Crippen LogP contribution in [-0.4, -0.2) is 13.2 Å². The molecule has 3 heteroatoms. The molecule has 18 heavy (non-hydrogen) atoms. The topological polar surface area (TPSA) is 21.3 Å². The first kappa shape index (κ1) is 15.5. The fourth-order valence-corrected chi connectivity index (χ4v) is 2.36. The highest BCUT2D eigenvalue weighted by Gasteiger charge is 2.10. The summed E-state index contributed by atoms with van der Waals surface area (Å²) >= 11 is 3.58. The van der Waals surface area contributed by atoms with E-state index in [9.17, 15) is 0 Å². The first-order chi connectivity index (χ1) is 8.72. The van der Waals surface area contributed by atoms with E-state index in [-0.39, 0.29) is 0 Å². The Hall–Kier alpha value is -0.540. The van der Waals surface area contributed by atoms with E-state index in [1.54, 1.807) is 0 Å². The molecule has 1 aromatic rings. The molecule has 2 nitrogen and oxygen atoms in total. The summed E-state index contributed by atoms with van der Waals surface area (Å²) in [7, 11) is 0. The highest BCUT2D eigenvalue weighted by molar-refractivity contribution is 9.10. The van der Waals surface area contributed by atoms with Crippen molar-refractivity contribution < 1.29 is 4.74 Å². The zero-order chi connectivity index (χ0) is 13.4. The molecule has 0 bridgehead atoms. The van der Waals surface area contributed by atoms with Crippen LogP contribution in [0.1, 0.15) is 39.2 Å². The molecule has 0 saturated heterocycles. The Morgan fingerprint density at radius 3 is 2.56 bits per heavy atom. The third kappa shape index (κ3) is 4.62. The van der Waals surface area contributed by atoms with Gasteiger partial charge in [-0.25, -0.2) is 0 Å². The summed E-state index contributed by atoms with van der Waals surface area (Å²) in [6.07, 6.45) is 2.34. The van der Waals surface area contributed by atoms with Crippen LogP contribution >= 0.6 is 15.9 Å².